The predicted octanol–water partition coefficient (Wildman–Crippen LogP) is 4.54. The number of thiazole rings is 1. The van der Waals surface area contributed by atoms with Crippen LogP contribution in [0.2, 0.25) is 0 Å². The van der Waals surface area contributed by atoms with Gasteiger partial charge in [0.25, 0.3) is 0 Å². The summed E-state index contributed by atoms with van der Waals surface area (Å²) >= 11 is 1.71. The lowest BCUT2D eigenvalue weighted by Crippen LogP contribution is -2.10. The predicted molar refractivity (Wildman–Crippen MR) is 107 cm³/mol. The molecule has 0 unspecified atom stereocenters. The molecule has 138 valence electrons. The van der Waals surface area contributed by atoms with E-state index >= 15 is 0 Å². The first-order valence-corrected chi connectivity index (χ1v) is 9.87. The number of benzene rings is 1. The highest BCUT2D eigenvalue weighted by atomic mass is 32.1. The summed E-state index contributed by atoms with van der Waals surface area (Å²) in [5.41, 5.74) is 2.22. The van der Waals surface area contributed by atoms with E-state index in [2.05, 4.69) is 50.4 Å². The summed E-state index contributed by atoms with van der Waals surface area (Å²) in [6.45, 7) is 4.71. The van der Waals surface area contributed by atoms with Gasteiger partial charge >= 0.3 is 0 Å². The second-order valence-corrected chi connectivity index (χ2v) is 7.62. The first kappa shape index (κ1) is 17.6. The topological polar surface area (TPSA) is 76.7 Å². The minimum atomic E-state index is 0.550. The molecule has 0 fully saturated rings. The summed E-state index contributed by atoms with van der Waals surface area (Å²) in [6, 6.07) is 10.1. The lowest BCUT2D eigenvalue weighted by atomic mass is 10.1. The zero-order valence-electron chi connectivity index (χ0n) is 15.4. The first-order chi connectivity index (χ1) is 13.2. The fraction of sp³-hybridized carbons (Fsp3) is 0.300. The molecule has 0 aliphatic carbocycles. The molecule has 0 amide bonds. The molecule has 0 saturated carbocycles. The van der Waals surface area contributed by atoms with Crippen molar-refractivity contribution < 1.29 is 4.42 Å². The number of fused-ring (bicyclic) bond motifs is 1. The Labute approximate surface area is 161 Å². The van der Waals surface area contributed by atoms with Crippen LogP contribution in [0.4, 0.5) is 5.95 Å². The van der Waals surface area contributed by atoms with Gasteiger partial charge in [0, 0.05) is 12.8 Å². The van der Waals surface area contributed by atoms with Gasteiger partial charge in [0.1, 0.15) is 17.4 Å². The molecule has 0 bridgehead atoms. The number of nitrogens with one attached hydrogen (secondary N) is 1. The summed E-state index contributed by atoms with van der Waals surface area (Å²) in [6.07, 6.45) is 4.16. The van der Waals surface area contributed by atoms with E-state index < -0.39 is 0 Å². The largest absolute Gasteiger partial charge is 0.467 e. The average molecular weight is 379 g/mol. The van der Waals surface area contributed by atoms with E-state index in [1.807, 2.05) is 19.1 Å². The van der Waals surface area contributed by atoms with Gasteiger partial charge in [-0.1, -0.05) is 13.0 Å². The smallest absolute Gasteiger partial charge is 0.226 e. The van der Waals surface area contributed by atoms with Crippen molar-refractivity contribution in [2.24, 2.45) is 0 Å². The second kappa shape index (κ2) is 7.84. The van der Waals surface area contributed by atoms with Gasteiger partial charge in [0.05, 0.1) is 28.0 Å². The van der Waals surface area contributed by atoms with Gasteiger partial charge < -0.3 is 9.73 Å². The van der Waals surface area contributed by atoms with E-state index in [1.54, 1.807) is 17.6 Å². The number of furan rings is 1. The number of aromatic nitrogens is 4. The minimum absolute atomic E-state index is 0.550. The molecule has 0 aliphatic rings. The molecule has 6 nitrogen and oxygen atoms in total. The highest BCUT2D eigenvalue weighted by molar-refractivity contribution is 7.18. The van der Waals surface area contributed by atoms with Gasteiger partial charge in [-0.15, -0.1) is 11.3 Å². The lowest BCUT2D eigenvalue weighted by Gasteiger charge is -2.08. The van der Waals surface area contributed by atoms with Crippen LogP contribution in [0, 0.1) is 6.92 Å². The third kappa shape index (κ3) is 4.31. The summed E-state index contributed by atoms with van der Waals surface area (Å²) in [4.78, 5) is 18.3. The molecule has 0 radical (unpaired) electrons. The normalized spacial score (nSPS) is 11.2. The fourth-order valence-electron chi connectivity index (χ4n) is 2.92. The molecule has 27 heavy (non-hydrogen) atoms. The number of rotatable bonds is 7. The SMILES string of the molecule is CCCc1nc(Cc2ccc3nc(C)sc3c2)nc(NCc2ccco2)n1. The Kier molecular flexibility index (Phi) is 5.11. The molecule has 0 aliphatic heterocycles. The first-order valence-electron chi connectivity index (χ1n) is 9.06. The summed E-state index contributed by atoms with van der Waals surface area (Å²) in [5, 5.41) is 4.32. The third-order valence-electron chi connectivity index (χ3n) is 4.12. The molecule has 4 rings (SSSR count). The quantitative estimate of drug-likeness (QED) is 0.508. The maximum atomic E-state index is 5.36. The van der Waals surface area contributed by atoms with Gasteiger partial charge in [-0.05, 0) is 43.2 Å². The van der Waals surface area contributed by atoms with Crippen molar-refractivity contribution in [3.63, 3.8) is 0 Å². The van der Waals surface area contributed by atoms with Crippen LogP contribution in [0.1, 0.15) is 41.3 Å². The zero-order chi connectivity index (χ0) is 18.6. The van der Waals surface area contributed by atoms with Gasteiger partial charge in [-0.3, -0.25) is 0 Å². The minimum Gasteiger partial charge on any atom is -0.467 e. The molecule has 0 atom stereocenters. The van der Waals surface area contributed by atoms with Gasteiger partial charge in [0.2, 0.25) is 5.95 Å². The number of hydrogen-bond donors (Lipinski definition) is 1. The molecule has 0 saturated heterocycles. The molecule has 4 aromatic rings. The number of hydrogen-bond acceptors (Lipinski definition) is 7. The van der Waals surface area contributed by atoms with Gasteiger partial charge in [-0.25, -0.2) is 9.97 Å². The second-order valence-electron chi connectivity index (χ2n) is 6.39. The van der Waals surface area contributed by atoms with Gasteiger partial charge in [0.15, 0.2) is 0 Å². The van der Waals surface area contributed by atoms with Crippen molar-refractivity contribution in [2.45, 2.75) is 39.7 Å². The zero-order valence-corrected chi connectivity index (χ0v) is 16.2. The number of anilines is 1. The van der Waals surface area contributed by atoms with E-state index in [4.69, 9.17) is 4.42 Å². The molecule has 3 heterocycles. The summed E-state index contributed by atoms with van der Waals surface area (Å²) in [7, 11) is 0. The van der Waals surface area contributed by atoms with Crippen LogP contribution in [0.15, 0.2) is 41.0 Å². The molecule has 0 spiro atoms. The number of nitrogens with zero attached hydrogens (tertiary/aromatic N) is 4. The van der Waals surface area contributed by atoms with Crippen molar-refractivity contribution in [1.29, 1.82) is 0 Å². The van der Waals surface area contributed by atoms with E-state index in [0.29, 0.717) is 18.9 Å². The van der Waals surface area contributed by atoms with Crippen LogP contribution in [0.3, 0.4) is 0 Å². The standard InChI is InChI=1S/C20H21N5OS/c1-3-5-18-23-19(25-20(24-18)21-12-15-6-4-9-26-15)11-14-7-8-16-17(10-14)27-13(2)22-16/h4,6-10H,3,5,11-12H2,1-2H3,(H,21,23,24,25). The lowest BCUT2D eigenvalue weighted by molar-refractivity contribution is 0.517. The van der Waals surface area contributed by atoms with E-state index in [-0.39, 0.29) is 0 Å². The van der Waals surface area contributed by atoms with Crippen molar-refractivity contribution in [3.05, 3.63) is 64.6 Å². The van der Waals surface area contributed by atoms with Crippen LogP contribution in [0.5, 0.6) is 0 Å². The van der Waals surface area contributed by atoms with Crippen LogP contribution >= 0.6 is 11.3 Å². The Balaban J connectivity index is 1.57. The van der Waals surface area contributed by atoms with Crippen LogP contribution in [-0.2, 0) is 19.4 Å². The Bertz CT molecular complexity index is 1040. The Hall–Kier alpha value is -2.80. The maximum absolute atomic E-state index is 5.36. The molecule has 1 N–H and O–H groups in total. The highest BCUT2D eigenvalue weighted by Gasteiger charge is 2.09. The van der Waals surface area contributed by atoms with Crippen molar-refractivity contribution >= 4 is 27.5 Å². The highest BCUT2D eigenvalue weighted by Crippen LogP contribution is 2.23. The van der Waals surface area contributed by atoms with E-state index in [9.17, 15) is 0 Å². The van der Waals surface area contributed by atoms with Gasteiger partial charge in [-0.2, -0.15) is 9.97 Å². The molecule has 7 heteroatoms. The average Bonchev–Trinajstić information content (AvgIpc) is 3.28. The summed E-state index contributed by atoms with van der Waals surface area (Å²) < 4.78 is 6.56. The fourth-order valence-corrected chi connectivity index (χ4v) is 3.81. The molecular formula is C20H21N5OS. The molecule has 3 aromatic heterocycles. The maximum Gasteiger partial charge on any atom is 0.226 e. The van der Waals surface area contributed by atoms with Crippen molar-refractivity contribution in [2.75, 3.05) is 5.32 Å². The van der Waals surface area contributed by atoms with E-state index in [1.165, 1.54) is 10.3 Å². The van der Waals surface area contributed by atoms with Crippen LogP contribution < -0.4 is 5.32 Å². The molecular weight excluding hydrogens is 358 g/mol. The third-order valence-corrected chi connectivity index (χ3v) is 5.06. The monoisotopic (exact) mass is 379 g/mol. The van der Waals surface area contributed by atoms with Crippen LogP contribution in [0.25, 0.3) is 10.2 Å². The summed E-state index contributed by atoms with van der Waals surface area (Å²) in [5.74, 6) is 3.03. The molecule has 1 aromatic carbocycles. The Morgan fingerprint density at radius 1 is 1.07 bits per heavy atom. The number of aryl methyl sites for hydroxylation is 2. The Morgan fingerprint density at radius 3 is 2.78 bits per heavy atom. The van der Waals surface area contributed by atoms with E-state index in [0.717, 1.165) is 40.8 Å². The van der Waals surface area contributed by atoms with Crippen LogP contribution in [-0.4, -0.2) is 19.9 Å². The van der Waals surface area contributed by atoms with Crippen molar-refractivity contribution in [1.82, 2.24) is 19.9 Å². The Morgan fingerprint density at radius 2 is 1.96 bits per heavy atom. The van der Waals surface area contributed by atoms with Crippen molar-refractivity contribution in [3.8, 4) is 0 Å².